The highest BCUT2D eigenvalue weighted by atomic mass is 16.5. The lowest BCUT2D eigenvalue weighted by Crippen LogP contribution is -2.48. The minimum Gasteiger partial charge on any atom is -0.493 e. The third-order valence-corrected chi connectivity index (χ3v) is 4.58. The Bertz CT molecular complexity index is 758. The number of carbonyl (C=O) groups is 1. The first-order valence-electron chi connectivity index (χ1n) is 9.73. The van der Waals surface area contributed by atoms with Crippen LogP contribution in [0.1, 0.15) is 32.1 Å². The summed E-state index contributed by atoms with van der Waals surface area (Å²) in [5.41, 5.74) is 4.70. The van der Waals surface area contributed by atoms with Crippen molar-refractivity contribution in [1.29, 1.82) is 0 Å². The van der Waals surface area contributed by atoms with Crippen molar-refractivity contribution in [3.8, 4) is 17.2 Å². The molecule has 0 spiro atoms. The largest absolute Gasteiger partial charge is 0.493 e. The van der Waals surface area contributed by atoms with E-state index in [2.05, 4.69) is 0 Å². The first kappa shape index (κ1) is 22.7. The van der Waals surface area contributed by atoms with Crippen LogP contribution >= 0.6 is 0 Å². The van der Waals surface area contributed by atoms with E-state index in [1.54, 1.807) is 6.07 Å². The second-order valence-corrected chi connectivity index (χ2v) is 7.03. The molecule has 1 unspecified atom stereocenters. The van der Waals surface area contributed by atoms with E-state index in [4.69, 9.17) is 25.3 Å². The van der Waals surface area contributed by atoms with Crippen LogP contribution in [-0.4, -0.2) is 40.4 Å². The van der Waals surface area contributed by atoms with Crippen LogP contribution < -0.4 is 15.2 Å². The minimum absolute atomic E-state index is 0.209. The fraction of sp³-hybridized carbons (Fsp3) is 0.381. The summed E-state index contributed by atoms with van der Waals surface area (Å²) in [6.45, 7) is 0.330. The van der Waals surface area contributed by atoms with Gasteiger partial charge in [0.05, 0.1) is 6.61 Å². The van der Waals surface area contributed by atoms with Gasteiger partial charge in [0.2, 0.25) is 0 Å². The molecule has 0 fully saturated rings. The van der Waals surface area contributed by atoms with Crippen LogP contribution in [-0.2, 0) is 4.79 Å². The van der Waals surface area contributed by atoms with Crippen LogP contribution in [0.15, 0.2) is 54.6 Å². The number of hydrogen-bond donors (Lipinski definition) is 4. The zero-order valence-corrected chi connectivity index (χ0v) is 16.4. The summed E-state index contributed by atoms with van der Waals surface area (Å²) in [4.78, 5) is 11.6. The van der Waals surface area contributed by atoms with Gasteiger partial charge in [-0.3, -0.25) is 4.79 Å². The summed E-state index contributed by atoms with van der Waals surface area (Å²) in [7, 11) is -1.37. The van der Waals surface area contributed by atoms with Gasteiger partial charge in [-0.2, -0.15) is 0 Å². The maximum absolute atomic E-state index is 11.6. The van der Waals surface area contributed by atoms with Crippen molar-refractivity contribution < 1.29 is 29.4 Å². The number of carboxylic acids is 1. The summed E-state index contributed by atoms with van der Waals surface area (Å²) in [6, 6.07) is 16.7. The first-order valence-corrected chi connectivity index (χ1v) is 9.73. The highest BCUT2D eigenvalue weighted by Gasteiger charge is 2.32. The molecule has 2 rings (SSSR count). The molecule has 29 heavy (non-hydrogen) atoms. The Morgan fingerprint density at radius 3 is 2.28 bits per heavy atom. The number of rotatable bonds is 13. The molecule has 1 atom stereocenters. The molecule has 0 aliphatic heterocycles. The molecule has 7 nitrogen and oxygen atoms in total. The molecule has 0 amide bonds. The quantitative estimate of drug-likeness (QED) is 0.301. The van der Waals surface area contributed by atoms with E-state index in [1.807, 2.05) is 48.5 Å². The van der Waals surface area contributed by atoms with Crippen molar-refractivity contribution >= 4 is 13.1 Å². The molecule has 0 saturated carbocycles. The molecule has 0 radical (unpaired) electrons. The number of nitrogens with two attached hydrogens (primary N) is 1. The van der Waals surface area contributed by atoms with Gasteiger partial charge in [-0.05, 0) is 49.8 Å². The topological polar surface area (TPSA) is 122 Å². The van der Waals surface area contributed by atoms with Crippen molar-refractivity contribution in [1.82, 2.24) is 0 Å². The van der Waals surface area contributed by atoms with E-state index >= 15 is 0 Å². The number of unbranched alkanes of at least 4 members (excludes halogenated alkanes) is 1. The molecule has 0 aromatic heterocycles. The smallest absolute Gasteiger partial charge is 0.451 e. The van der Waals surface area contributed by atoms with Crippen LogP contribution in [0.3, 0.4) is 0 Å². The third kappa shape index (κ3) is 8.15. The average Bonchev–Trinajstić information content (AvgIpc) is 2.69. The Balaban J connectivity index is 1.79. The Labute approximate surface area is 171 Å². The number of carboxylic acid groups (broad SMARTS) is 1. The van der Waals surface area contributed by atoms with Gasteiger partial charge in [0.25, 0.3) is 0 Å². The normalized spacial score (nSPS) is 12.8. The maximum Gasteiger partial charge on any atom is 0.451 e. The third-order valence-electron chi connectivity index (χ3n) is 4.58. The van der Waals surface area contributed by atoms with Gasteiger partial charge in [-0.15, -0.1) is 0 Å². The van der Waals surface area contributed by atoms with Gasteiger partial charge in [-0.25, -0.2) is 0 Å². The zero-order valence-electron chi connectivity index (χ0n) is 16.4. The lowest BCUT2D eigenvalue weighted by atomic mass is 9.81. The second-order valence-electron chi connectivity index (χ2n) is 7.03. The highest BCUT2D eigenvalue weighted by molar-refractivity contribution is 6.40. The summed E-state index contributed by atoms with van der Waals surface area (Å²) in [5.74, 6) is 0.958. The van der Waals surface area contributed by atoms with Gasteiger partial charge >= 0.3 is 13.1 Å². The Morgan fingerprint density at radius 2 is 1.59 bits per heavy atom. The summed E-state index contributed by atoms with van der Waals surface area (Å²) < 4.78 is 11.5. The first-order chi connectivity index (χ1) is 13.9. The van der Waals surface area contributed by atoms with Crippen molar-refractivity contribution in [2.45, 2.75) is 44.0 Å². The lowest BCUT2D eigenvalue weighted by Gasteiger charge is -2.24. The van der Waals surface area contributed by atoms with Crippen LogP contribution in [0.5, 0.6) is 17.2 Å². The fourth-order valence-corrected chi connectivity index (χ4v) is 2.94. The SMILES string of the molecule is NC(CCCCB(O)O)(CCCOc1cccc(Oc2ccccc2)c1)C(=O)O. The predicted octanol–water partition coefficient (Wildman–Crippen LogP) is 3.06. The number of benzene rings is 2. The van der Waals surface area contributed by atoms with Crippen LogP contribution in [0.4, 0.5) is 0 Å². The van der Waals surface area contributed by atoms with Crippen LogP contribution in [0.2, 0.25) is 6.32 Å². The molecule has 0 heterocycles. The maximum atomic E-state index is 11.6. The molecule has 0 bridgehead atoms. The fourth-order valence-electron chi connectivity index (χ4n) is 2.94. The lowest BCUT2D eigenvalue weighted by molar-refractivity contribution is -0.144. The molecule has 5 N–H and O–H groups in total. The summed E-state index contributed by atoms with van der Waals surface area (Å²) in [6.07, 6.45) is 2.25. The number of hydrogen-bond acceptors (Lipinski definition) is 6. The predicted molar refractivity (Wildman–Crippen MR) is 111 cm³/mol. The van der Waals surface area contributed by atoms with Crippen molar-refractivity contribution in [3.63, 3.8) is 0 Å². The van der Waals surface area contributed by atoms with E-state index in [1.165, 1.54) is 0 Å². The number of aliphatic carboxylic acids is 1. The molecule has 156 valence electrons. The monoisotopic (exact) mass is 401 g/mol. The van der Waals surface area contributed by atoms with Gasteiger partial charge < -0.3 is 30.4 Å². The minimum atomic E-state index is -1.37. The molecule has 0 aliphatic carbocycles. The summed E-state index contributed by atoms with van der Waals surface area (Å²) >= 11 is 0. The molecule has 8 heteroatoms. The van der Waals surface area contributed by atoms with E-state index in [0.29, 0.717) is 37.4 Å². The molecule has 0 saturated heterocycles. The standard InChI is InChI=1S/C21H28BNO6/c23-21(20(24)25,12-4-5-14-22(26)27)13-7-15-28-18-10-6-11-19(16-18)29-17-8-2-1-3-9-17/h1-3,6,8-11,16,26-27H,4-5,7,12-15,23H2,(H,24,25). The molecule has 2 aromatic rings. The number of para-hydroxylation sites is 1. The molecule has 0 aliphatic rings. The van der Waals surface area contributed by atoms with Gasteiger partial charge in [0.1, 0.15) is 22.8 Å². The Morgan fingerprint density at radius 1 is 0.931 bits per heavy atom. The van der Waals surface area contributed by atoms with Crippen LogP contribution in [0, 0.1) is 0 Å². The van der Waals surface area contributed by atoms with Crippen molar-refractivity contribution in [2.75, 3.05) is 6.61 Å². The van der Waals surface area contributed by atoms with Gasteiger partial charge in [0.15, 0.2) is 0 Å². The van der Waals surface area contributed by atoms with Crippen LogP contribution in [0.25, 0.3) is 0 Å². The van der Waals surface area contributed by atoms with E-state index in [0.717, 1.165) is 5.75 Å². The average molecular weight is 401 g/mol. The zero-order chi connectivity index (χ0) is 21.1. The van der Waals surface area contributed by atoms with Crippen molar-refractivity contribution in [2.24, 2.45) is 5.73 Å². The van der Waals surface area contributed by atoms with E-state index < -0.39 is 18.6 Å². The highest BCUT2D eigenvalue weighted by Crippen LogP contribution is 2.25. The summed E-state index contributed by atoms with van der Waals surface area (Å²) in [5, 5.41) is 27.2. The molecular formula is C21H28BNO6. The van der Waals surface area contributed by atoms with Crippen molar-refractivity contribution in [3.05, 3.63) is 54.6 Å². The molecule has 2 aromatic carbocycles. The van der Waals surface area contributed by atoms with Gasteiger partial charge in [-0.1, -0.05) is 37.1 Å². The number of ether oxygens (including phenoxy) is 2. The van der Waals surface area contributed by atoms with Gasteiger partial charge in [0, 0.05) is 6.07 Å². The van der Waals surface area contributed by atoms with E-state index in [9.17, 15) is 9.90 Å². The Hall–Kier alpha value is -2.55. The van der Waals surface area contributed by atoms with E-state index in [-0.39, 0.29) is 19.2 Å². The second kappa shape index (κ2) is 11.5. The Kier molecular flexibility index (Phi) is 8.98. The molecular weight excluding hydrogens is 373 g/mol.